The Bertz CT molecular complexity index is 458. The van der Waals surface area contributed by atoms with Crippen LogP contribution in [0.4, 0.5) is 0 Å². The number of thiophene rings is 1. The molecule has 16 heavy (non-hydrogen) atoms. The molecule has 2 aromatic heterocycles. The Morgan fingerprint density at radius 3 is 2.81 bits per heavy atom. The lowest BCUT2D eigenvalue weighted by atomic mass is 9.84. The molecular weight excluding hydrogens is 224 g/mol. The zero-order valence-corrected chi connectivity index (χ0v) is 9.66. The zero-order chi connectivity index (χ0) is 11.6. The largest absolute Gasteiger partial charge is 0.481 e. The van der Waals surface area contributed by atoms with Gasteiger partial charge in [0, 0.05) is 11.3 Å². The average molecular weight is 236 g/mol. The molecule has 0 spiro atoms. The van der Waals surface area contributed by atoms with Crippen molar-refractivity contribution in [3.8, 4) is 0 Å². The number of aliphatic carboxylic acids is 1. The molecule has 1 unspecified atom stereocenters. The first kappa shape index (κ1) is 11.0. The van der Waals surface area contributed by atoms with Gasteiger partial charge in [0.25, 0.3) is 0 Å². The molecule has 1 atom stereocenters. The number of hydrogen-bond acceptors (Lipinski definition) is 3. The van der Waals surface area contributed by atoms with Gasteiger partial charge in [0.2, 0.25) is 0 Å². The summed E-state index contributed by atoms with van der Waals surface area (Å²) in [5.41, 5.74) is -0.911. The minimum Gasteiger partial charge on any atom is -0.481 e. The van der Waals surface area contributed by atoms with Crippen LogP contribution < -0.4 is 0 Å². The van der Waals surface area contributed by atoms with Crippen LogP contribution in [0.1, 0.15) is 17.6 Å². The first-order chi connectivity index (χ1) is 7.63. The van der Waals surface area contributed by atoms with Crippen molar-refractivity contribution in [2.75, 3.05) is 0 Å². The van der Waals surface area contributed by atoms with Crippen LogP contribution in [0.25, 0.3) is 0 Å². The number of rotatable bonds is 4. The number of carboxylic acid groups (broad SMARTS) is 1. The fraction of sp³-hybridized carbons (Fsp3) is 0.250. The fourth-order valence-corrected chi connectivity index (χ4v) is 2.50. The SMILES string of the molecule is CC(Cc1ccco1)(C(=O)O)c1cccs1. The van der Waals surface area contributed by atoms with Gasteiger partial charge in [-0.15, -0.1) is 11.3 Å². The van der Waals surface area contributed by atoms with E-state index in [0.29, 0.717) is 12.2 Å². The quantitative estimate of drug-likeness (QED) is 0.888. The van der Waals surface area contributed by atoms with Crippen molar-refractivity contribution in [2.24, 2.45) is 0 Å². The van der Waals surface area contributed by atoms with E-state index in [1.807, 2.05) is 17.5 Å². The van der Waals surface area contributed by atoms with Crippen molar-refractivity contribution in [3.05, 3.63) is 46.5 Å². The highest BCUT2D eigenvalue weighted by Gasteiger charge is 2.37. The van der Waals surface area contributed by atoms with Gasteiger partial charge in [-0.2, -0.15) is 0 Å². The highest BCUT2D eigenvalue weighted by Crippen LogP contribution is 2.32. The van der Waals surface area contributed by atoms with E-state index in [0.717, 1.165) is 4.88 Å². The Hall–Kier alpha value is -1.55. The molecule has 0 bridgehead atoms. The molecule has 1 N–H and O–H groups in total. The van der Waals surface area contributed by atoms with Crippen molar-refractivity contribution in [1.82, 2.24) is 0 Å². The summed E-state index contributed by atoms with van der Waals surface area (Å²) in [5.74, 6) is -0.135. The van der Waals surface area contributed by atoms with Gasteiger partial charge in [0.15, 0.2) is 0 Å². The molecule has 0 saturated carbocycles. The molecule has 0 aliphatic rings. The minimum atomic E-state index is -0.911. The molecule has 0 fully saturated rings. The molecule has 0 aromatic carbocycles. The summed E-state index contributed by atoms with van der Waals surface area (Å²) in [4.78, 5) is 12.3. The van der Waals surface area contributed by atoms with Crippen LogP contribution in [-0.4, -0.2) is 11.1 Å². The van der Waals surface area contributed by atoms with Crippen LogP contribution in [0.15, 0.2) is 40.3 Å². The number of carbonyl (C=O) groups is 1. The second-order valence-electron chi connectivity index (χ2n) is 3.87. The molecule has 2 rings (SSSR count). The second kappa shape index (κ2) is 4.14. The maximum Gasteiger partial charge on any atom is 0.315 e. The monoisotopic (exact) mass is 236 g/mol. The summed E-state index contributed by atoms with van der Waals surface area (Å²) in [7, 11) is 0. The molecule has 0 saturated heterocycles. The predicted molar refractivity (Wildman–Crippen MR) is 61.7 cm³/mol. The van der Waals surface area contributed by atoms with E-state index in [1.165, 1.54) is 11.3 Å². The Balaban J connectivity index is 2.33. The van der Waals surface area contributed by atoms with Gasteiger partial charge in [0.05, 0.1) is 6.26 Å². The third kappa shape index (κ3) is 1.88. The van der Waals surface area contributed by atoms with Crippen LogP contribution in [0.3, 0.4) is 0 Å². The summed E-state index contributed by atoms with van der Waals surface area (Å²) in [6.07, 6.45) is 1.93. The molecule has 0 radical (unpaired) electrons. The van der Waals surface area contributed by atoms with Gasteiger partial charge in [-0.1, -0.05) is 6.07 Å². The molecule has 4 heteroatoms. The first-order valence-corrected chi connectivity index (χ1v) is 5.80. The third-order valence-electron chi connectivity index (χ3n) is 2.64. The van der Waals surface area contributed by atoms with Crippen LogP contribution in [0.2, 0.25) is 0 Å². The summed E-state index contributed by atoms with van der Waals surface area (Å²) >= 11 is 1.46. The van der Waals surface area contributed by atoms with Gasteiger partial charge in [0.1, 0.15) is 11.2 Å². The van der Waals surface area contributed by atoms with Crippen LogP contribution in [0.5, 0.6) is 0 Å². The van der Waals surface area contributed by atoms with Crippen LogP contribution >= 0.6 is 11.3 Å². The standard InChI is InChI=1S/C12H12O3S/c1-12(11(13)14,10-5-3-7-16-10)8-9-4-2-6-15-9/h2-7H,8H2,1H3,(H,13,14). The lowest BCUT2D eigenvalue weighted by Gasteiger charge is -2.22. The number of hydrogen-bond donors (Lipinski definition) is 1. The van der Waals surface area contributed by atoms with Gasteiger partial charge in [-0.3, -0.25) is 4.79 Å². The van der Waals surface area contributed by atoms with Crippen molar-refractivity contribution in [1.29, 1.82) is 0 Å². The van der Waals surface area contributed by atoms with E-state index < -0.39 is 11.4 Å². The fourth-order valence-electron chi connectivity index (χ4n) is 1.62. The maximum absolute atomic E-state index is 11.4. The normalized spacial score (nSPS) is 14.6. The number of furan rings is 1. The van der Waals surface area contributed by atoms with Crippen molar-refractivity contribution in [3.63, 3.8) is 0 Å². The maximum atomic E-state index is 11.4. The Labute approximate surface area is 97.3 Å². The third-order valence-corrected chi connectivity index (χ3v) is 3.78. The molecule has 0 aliphatic carbocycles. The summed E-state index contributed by atoms with van der Waals surface area (Å²) < 4.78 is 5.22. The van der Waals surface area contributed by atoms with Crippen LogP contribution in [-0.2, 0) is 16.6 Å². The average Bonchev–Trinajstić information content (AvgIpc) is 2.88. The van der Waals surface area contributed by atoms with Crippen molar-refractivity contribution < 1.29 is 14.3 Å². The van der Waals surface area contributed by atoms with Crippen molar-refractivity contribution >= 4 is 17.3 Å². The van der Waals surface area contributed by atoms with Crippen molar-refractivity contribution in [2.45, 2.75) is 18.8 Å². The van der Waals surface area contributed by atoms with Crippen LogP contribution in [0, 0.1) is 0 Å². The van der Waals surface area contributed by atoms with Gasteiger partial charge in [-0.05, 0) is 30.5 Å². The lowest BCUT2D eigenvalue weighted by molar-refractivity contribution is -0.143. The smallest absolute Gasteiger partial charge is 0.315 e. The van der Waals surface area contributed by atoms with E-state index in [4.69, 9.17) is 4.42 Å². The van der Waals surface area contributed by atoms with E-state index in [-0.39, 0.29) is 0 Å². The second-order valence-corrected chi connectivity index (χ2v) is 4.82. The molecule has 3 nitrogen and oxygen atoms in total. The number of carboxylic acids is 1. The molecule has 2 aromatic rings. The predicted octanol–water partition coefficient (Wildman–Crippen LogP) is 2.93. The molecule has 2 heterocycles. The first-order valence-electron chi connectivity index (χ1n) is 4.93. The minimum absolute atomic E-state index is 0.371. The van der Waals surface area contributed by atoms with E-state index in [2.05, 4.69) is 0 Å². The zero-order valence-electron chi connectivity index (χ0n) is 8.84. The Kier molecular flexibility index (Phi) is 2.83. The summed E-state index contributed by atoms with van der Waals surface area (Å²) in [6.45, 7) is 1.73. The van der Waals surface area contributed by atoms with Gasteiger partial charge >= 0.3 is 5.97 Å². The molecular formula is C12H12O3S. The van der Waals surface area contributed by atoms with Gasteiger partial charge in [-0.25, -0.2) is 0 Å². The lowest BCUT2D eigenvalue weighted by Crippen LogP contribution is -2.33. The Morgan fingerprint density at radius 1 is 1.50 bits per heavy atom. The molecule has 84 valence electrons. The topological polar surface area (TPSA) is 50.4 Å². The highest BCUT2D eigenvalue weighted by atomic mass is 32.1. The van der Waals surface area contributed by atoms with Gasteiger partial charge < -0.3 is 9.52 Å². The summed E-state index contributed by atoms with van der Waals surface area (Å²) in [5, 5.41) is 11.3. The molecule has 0 aliphatic heterocycles. The van der Waals surface area contributed by atoms with E-state index in [9.17, 15) is 9.90 Å². The van der Waals surface area contributed by atoms with E-state index >= 15 is 0 Å². The highest BCUT2D eigenvalue weighted by molar-refractivity contribution is 7.10. The Morgan fingerprint density at radius 2 is 2.31 bits per heavy atom. The van der Waals surface area contributed by atoms with E-state index in [1.54, 1.807) is 25.3 Å². The summed E-state index contributed by atoms with van der Waals surface area (Å²) in [6, 6.07) is 7.28. The molecule has 0 amide bonds.